The highest BCUT2D eigenvalue weighted by Gasteiger charge is 2.46. The molecule has 174 valence electrons. The number of ether oxygens (including phenoxy) is 1. The van der Waals surface area contributed by atoms with Crippen LogP contribution in [0.1, 0.15) is 18.9 Å². The van der Waals surface area contributed by atoms with E-state index in [0.29, 0.717) is 23.6 Å². The number of benzene rings is 2. The van der Waals surface area contributed by atoms with E-state index in [9.17, 15) is 18.8 Å². The van der Waals surface area contributed by atoms with E-state index in [1.54, 1.807) is 48.8 Å². The molecule has 1 atom stereocenters. The van der Waals surface area contributed by atoms with Crippen LogP contribution in [0, 0.1) is 5.82 Å². The van der Waals surface area contributed by atoms with Gasteiger partial charge in [0.25, 0.3) is 5.91 Å². The Labute approximate surface area is 196 Å². The second-order valence-corrected chi connectivity index (χ2v) is 7.65. The Morgan fingerprint density at radius 3 is 2.47 bits per heavy atom. The molecule has 2 aromatic carbocycles. The zero-order valence-corrected chi connectivity index (χ0v) is 18.5. The highest BCUT2D eigenvalue weighted by Crippen LogP contribution is 2.29. The Morgan fingerprint density at radius 2 is 1.82 bits per heavy atom. The molecule has 1 saturated heterocycles. The van der Waals surface area contributed by atoms with Crippen molar-refractivity contribution in [2.24, 2.45) is 0 Å². The van der Waals surface area contributed by atoms with Crippen LogP contribution in [0.15, 0.2) is 73.1 Å². The van der Waals surface area contributed by atoms with Crippen molar-refractivity contribution in [3.63, 3.8) is 0 Å². The molecule has 1 aliphatic rings. The number of urea groups is 1. The maximum Gasteiger partial charge on any atom is 0.332 e. The molecule has 1 N–H and O–H groups in total. The van der Waals surface area contributed by atoms with Crippen molar-refractivity contribution >= 4 is 29.2 Å². The molecule has 4 rings (SSSR count). The molecule has 0 bridgehead atoms. The average Bonchev–Trinajstić information content (AvgIpc) is 3.06. The van der Waals surface area contributed by atoms with E-state index in [2.05, 4.69) is 10.3 Å². The van der Waals surface area contributed by atoms with Gasteiger partial charge in [-0.3, -0.25) is 14.6 Å². The van der Waals surface area contributed by atoms with E-state index in [1.165, 1.54) is 29.2 Å². The maximum absolute atomic E-state index is 13.4. The van der Waals surface area contributed by atoms with Crippen LogP contribution in [0.2, 0.25) is 0 Å². The summed E-state index contributed by atoms with van der Waals surface area (Å²) in [5.74, 6) is -0.786. The first-order valence-corrected chi connectivity index (χ1v) is 10.8. The van der Waals surface area contributed by atoms with Crippen LogP contribution >= 0.6 is 0 Å². The first kappa shape index (κ1) is 22.9. The SMILES string of the molecule is CCOc1ccc(NC(=O)C[C@H]2C(=O)N(c3ccc(F)cc3)C(=O)N2Cc2cccnc2)cc1. The fourth-order valence-corrected chi connectivity index (χ4v) is 3.72. The van der Waals surface area contributed by atoms with Crippen LogP contribution in [0.5, 0.6) is 5.75 Å². The number of hydrogen-bond acceptors (Lipinski definition) is 5. The van der Waals surface area contributed by atoms with Crippen LogP contribution < -0.4 is 15.0 Å². The monoisotopic (exact) mass is 462 g/mol. The number of carbonyl (C=O) groups is 3. The predicted octanol–water partition coefficient (Wildman–Crippen LogP) is 3.99. The van der Waals surface area contributed by atoms with Gasteiger partial charge in [0.05, 0.1) is 18.7 Å². The largest absolute Gasteiger partial charge is 0.494 e. The average molecular weight is 462 g/mol. The minimum atomic E-state index is -1.03. The topological polar surface area (TPSA) is 91.8 Å². The zero-order valence-electron chi connectivity index (χ0n) is 18.5. The summed E-state index contributed by atoms with van der Waals surface area (Å²) in [6.07, 6.45) is 2.96. The molecule has 0 saturated carbocycles. The fourth-order valence-electron chi connectivity index (χ4n) is 3.72. The van der Waals surface area contributed by atoms with Crippen molar-refractivity contribution in [1.82, 2.24) is 9.88 Å². The van der Waals surface area contributed by atoms with Crippen molar-refractivity contribution < 1.29 is 23.5 Å². The van der Waals surface area contributed by atoms with E-state index in [1.807, 2.05) is 6.92 Å². The number of imide groups is 1. The Balaban J connectivity index is 1.55. The lowest BCUT2D eigenvalue weighted by atomic mass is 10.1. The second kappa shape index (κ2) is 10.1. The smallest absolute Gasteiger partial charge is 0.332 e. The van der Waals surface area contributed by atoms with Crippen LogP contribution in [0.3, 0.4) is 0 Å². The molecule has 34 heavy (non-hydrogen) atoms. The van der Waals surface area contributed by atoms with Crippen LogP contribution in [-0.2, 0) is 16.1 Å². The summed E-state index contributed by atoms with van der Waals surface area (Å²) >= 11 is 0. The first-order valence-electron chi connectivity index (χ1n) is 10.8. The number of aromatic nitrogens is 1. The lowest BCUT2D eigenvalue weighted by Crippen LogP contribution is -2.37. The predicted molar refractivity (Wildman–Crippen MR) is 124 cm³/mol. The number of pyridine rings is 1. The highest BCUT2D eigenvalue weighted by atomic mass is 19.1. The van der Waals surface area contributed by atoms with Gasteiger partial charge < -0.3 is 15.0 Å². The summed E-state index contributed by atoms with van der Waals surface area (Å²) in [5, 5.41) is 2.75. The van der Waals surface area contributed by atoms with Crippen LogP contribution in [-0.4, -0.2) is 40.4 Å². The van der Waals surface area contributed by atoms with Gasteiger partial charge in [0.1, 0.15) is 17.6 Å². The molecule has 0 unspecified atom stereocenters. The lowest BCUT2D eigenvalue weighted by molar-refractivity contribution is -0.124. The first-order chi connectivity index (χ1) is 16.5. The van der Waals surface area contributed by atoms with Gasteiger partial charge in [-0.1, -0.05) is 6.07 Å². The van der Waals surface area contributed by atoms with Gasteiger partial charge in [0.15, 0.2) is 0 Å². The molecule has 9 heteroatoms. The summed E-state index contributed by atoms with van der Waals surface area (Å²) in [7, 11) is 0. The van der Waals surface area contributed by atoms with E-state index < -0.39 is 29.7 Å². The third-order valence-corrected chi connectivity index (χ3v) is 5.31. The Hall–Kier alpha value is -4.27. The van der Waals surface area contributed by atoms with E-state index in [-0.39, 0.29) is 18.7 Å². The number of rotatable bonds is 8. The molecule has 0 spiro atoms. The maximum atomic E-state index is 13.4. The highest BCUT2D eigenvalue weighted by molar-refractivity contribution is 6.22. The minimum absolute atomic E-state index is 0.0944. The molecule has 8 nitrogen and oxygen atoms in total. The van der Waals surface area contributed by atoms with Crippen molar-refractivity contribution in [2.75, 3.05) is 16.8 Å². The van der Waals surface area contributed by atoms with Crippen molar-refractivity contribution in [3.05, 3.63) is 84.4 Å². The number of amides is 4. The molecule has 1 aliphatic heterocycles. The van der Waals surface area contributed by atoms with Crippen molar-refractivity contribution in [1.29, 1.82) is 0 Å². The molecule has 4 amide bonds. The summed E-state index contributed by atoms with van der Waals surface area (Å²) in [5.41, 5.74) is 1.49. The lowest BCUT2D eigenvalue weighted by Gasteiger charge is -2.21. The number of nitrogens with one attached hydrogen (secondary N) is 1. The molecule has 1 fully saturated rings. The van der Waals surface area contributed by atoms with Crippen LogP contribution in [0.25, 0.3) is 0 Å². The Morgan fingerprint density at radius 1 is 1.09 bits per heavy atom. The van der Waals surface area contributed by atoms with Gasteiger partial charge in [-0.05, 0) is 67.1 Å². The van der Waals surface area contributed by atoms with Crippen molar-refractivity contribution in [3.8, 4) is 5.75 Å². The van der Waals surface area contributed by atoms with Gasteiger partial charge in [0.2, 0.25) is 5.91 Å². The fraction of sp³-hybridized carbons (Fsp3) is 0.200. The number of halogens is 1. The Bertz CT molecular complexity index is 1170. The molecular formula is C25H23FN4O4. The van der Waals surface area contributed by atoms with E-state index >= 15 is 0 Å². The zero-order chi connectivity index (χ0) is 24.1. The second-order valence-electron chi connectivity index (χ2n) is 7.65. The van der Waals surface area contributed by atoms with Crippen molar-refractivity contribution in [2.45, 2.75) is 25.9 Å². The quantitative estimate of drug-likeness (QED) is 0.511. The van der Waals surface area contributed by atoms with E-state index in [4.69, 9.17) is 4.74 Å². The third kappa shape index (κ3) is 5.03. The molecule has 3 aromatic rings. The van der Waals surface area contributed by atoms with Crippen LogP contribution in [0.4, 0.5) is 20.6 Å². The van der Waals surface area contributed by atoms with E-state index in [0.717, 1.165) is 4.90 Å². The molecule has 0 aliphatic carbocycles. The number of nitrogens with zero attached hydrogens (tertiary/aromatic N) is 3. The molecular weight excluding hydrogens is 439 g/mol. The van der Waals surface area contributed by atoms with Gasteiger partial charge in [0, 0.05) is 24.6 Å². The Kier molecular flexibility index (Phi) is 6.82. The van der Waals surface area contributed by atoms with Gasteiger partial charge in [-0.15, -0.1) is 0 Å². The third-order valence-electron chi connectivity index (χ3n) is 5.31. The standard InChI is InChI=1S/C25H23FN4O4/c1-2-34-21-11-7-19(8-12-21)28-23(31)14-22-24(32)30(20-9-5-18(26)6-10-20)25(33)29(22)16-17-4-3-13-27-15-17/h3-13,15,22H,2,14,16H2,1H3,(H,28,31)/t22-/m0/s1. The van der Waals surface area contributed by atoms with Gasteiger partial charge in [-0.25, -0.2) is 14.1 Å². The summed E-state index contributed by atoms with van der Waals surface area (Å²) in [6, 6.07) is 13.8. The van der Waals surface area contributed by atoms with Gasteiger partial charge in [-0.2, -0.15) is 0 Å². The number of anilines is 2. The molecule has 0 radical (unpaired) electrons. The van der Waals surface area contributed by atoms with Gasteiger partial charge >= 0.3 is 6.03 Å². The minimum Gasteiger partial charge on any atom is -0.494 e. The summed E-state index contributed by atoms with van der Waals surface area (Å²) in [6.45, 7) is 2.50. The summed E-state index contributed by atoms with van der Waals surface area (Å²) in [4.78, 5) is 45.7. The number of carbonyl (C=O) groups excluding carboxylic acids is 3. The summed E-state index contributed by atoms with van der Waals surface area (Å²) < 4.78 is 18.8. The normalized spacial score (nSPS) is 15.5. The molecule has 2 heterocycles. The molecule has 1 aromatic heterocycles. The number of hydrogen-bond donors (Lipinski definition) is 1.